The van der Waals surface area contributed by atoms with Gasteiger partial charge in [0.15, 0.2) is 10.8 Å². The highest BCUT2D eigenvalue weighted by molar-refractivity contribution is 7.22. The number of nitrogens with zero attached hydrogens (tertiary/aromatic N) is 5. The quantitative estimate of drug-likeness (QED) is 0.630. The Balaban J connectivity index is 1.32. The zero-order valence-electron chi connectivity index (χ0n) is 17.2. The summed E-state index contributed by atoms with van der Waals surface area (Å²) in [7, 11) is 0. The lowest BCUT2D eigenvalue weighted by atomic mass is 9.88. The molecular formula is C22H26FN5OS. The zero-order valence-corrected chi connectivity index (χ0v) is 18.0. The van der Waals surface area contributed by atoms with Gasteiger partial charge >= 0.3 is 0 Å². The van der Waals surface area contributed by atoms with Gasteiger partial charge in [0.05, 0.1) is 16.1 Å². The first-order chi connectivity index (χ1) is 14.6. The minimum atomic E-state index is -0.265. The van der Waals surface area contributed by atoms with E-state index in [4.69, 9.17) is 4.98 Å². The van der Waals surface area contributed by atoms with Crippen LogP contribution in [0.1, 0.15) is 37.8 Å². The molecule has 1 aromatic carbocycles. The Kier molecular flexibility index (Phi) is 5.18. The van der Waals surface area contributed by atoms with Gasteiger partial charge in [0.1, 0.15) is 5.82 Å². The molecule has 1 saturated carbocycles. The molecule has 2 fully saturated rings. The van der Waals surface area contributed by atoms with Gasteiger partial charge in [0.2, 0.25) is 5.91 Å². The maximum atomic E-state index is 13.3. The number of halogens is 1. The lowest BCUT2D eigenvalue weighted by Gasteiger charge is -2.37. The second kappa shape index (κ2) is 7.98. The maximum absolute atomic E-state index is 13.3. The topological polar surface area (TPSA) is 54.3 Å². The Morgan fingerprint density at radius 2 is 1.77 bits per heavy atom. The van der Waals surface area contributed by atoms with Crippen molar-refractivity contribution in [2.75, 3.05) is 31.1 Å². The van der Waals surface area contributed by atoms with Gasteiger partial charge in [0.25, 0.3) is 0 Å². The van der Waals surface area contributed by atoms with Crippen molar-refractivity contribution in [2.24, 2.45) is 5.92 Å². The Hall–Kier alpha value is -2.48. The molecule has 3 aromatic rings. The minimum absolute atomic E-state index is 0.233. The van der Waals surface area contributed by atoms with E-state index >= 15 is 0 Å². The van der Waals surface area contributed by atoms with Crippen LogP contribution >= 0.6 is 11.3 Å². The van der Waals surface area contributed by atoms with E-state index in [2.05, 4.69) is 10.00 Å². The van der Waals surface area contributed by atoms with E-state index in [0.717, 1.165) is 65.9 Å². The number of thiazole rings is 1. The van der Waals surface area contributed by atoms with E-state index in [-0.39, 0.29) is 11.7 Å². The van der Waals surface area contributed by atoms with E-state index in [1.54, 1.807) is 28.2 Å². The number of hydrogen-bond acceptors (Lipinski definition) is 5. The molecule has 1 aliphatic carbocycles. The predicted octanol–water partition coefficient (Wildman–Crippen LogP) is 4.16. The Bertz CT molecular complexity index is 1050. The zero-order chi connectivity index (χ0) is 20.7. The molecule has 6 nitrogen and oxygen atoms in total. The summed E-state index contributed by atoms with van der Waals surface area (Å²) in [5, 5.41) is 5.56. The summed E-state index contributed by atoms with van der Waals surface area (Å²) in [4.78, 5) is 22.0. The minimum Gasteiger partial charge on any atom is -0.344 e. The third-order valence-electron chi connectivity index (χ3n) is 6.26. The SMILES string of the molecule is Cc1nn(-c2ccc(F)cc2)c2nc(N3CCN(C(=O)C4CCCCC4)CC3)sc12. The van der Waals surface area contributed by atoms with Crippen molar-refractivity contribution in [2.45, 2.75) is 39.0 Å². The monoisotopic (exact) mass is 427 g/mol. The number of benzene rings is 1. The average molecular weight is 428 g/mol. The van der Waals surface area contributed by atoms with Gasteiger partial charge in [-0.1, -0.05) is 30.6 Å². The van der Waals surface area contributed by atoms with Crippen LogP contribution in [0.3, 0.4) is 0 Å². The number of rotatable bonds is 3. The molecule has 1 aliphatic heterocycles. The van der Waals surface area contributed by atoms with Gasteiger partial charge in [-0.05, 0) is 44.0 Å². The number of carbonyl (C=O) groups is 1. The van der Waals surface area contributed by atoms with Gasteiger partial charge in [-0.15, -0.1) is 0 Å². The first kappa shape index (κ1) is 19.5. The molecule has 1 amide bonds. The van der Waals surface area contributed by atoms with Crippen LogP contribution in [0.25, 0.3) is 16.0 Å². The number of aryl methyl sites for hydroxylation is 1. The largest absolute Gasteiger partial charge is 0.344 e. The van der Waals surface area contributed by atoms with Crippen molar-refractivity contribution in [1.82, 2.24) is 19.7 Å². The van der Waals surface area contributed by atoms with Gasteiger partial charge in [-0.3, -0.25) is 4.79 Å². The molecule has 5 rings (SSSR count). The van der Waals surface area contributed by atoms with E-state index in [1.165, 1.54) is 31.4 Å². The van der Waals surface area contributed by atoms with Crippen LogP contribution in [-0.4, -0.2) is 51.8 Å². The van der Waals surface area contributed by atoms with Crippen LogP contribution in [0.15, 0.2) is 24.3 Å². The summed E-state index contributed by atoms with van der Waals surface area (Å²) in [5.74, 6) is 0.317. The molecule has 0 N–H and O–H groups in total. The van der Waals surface area contributed by atoms with Gasteiger partial charge in [-0.25, -0.2) is 9.07 Å². The Morgan fingerprint density at radius 1 is 1.07 bits per heavy atom. The molecule has 1 saturated heterocycles. The molecule has 3 heterocycles. The molecule has 0 spiro atoms. The van der Waals surface area contributed by atoms with Crippen LogP contribution in [-0.2, 0) is 4.79 Å². The highest BCUT2D eigenvalue weighted by Crippen LogP contribution is 2.33. The van der Waals surface area contributed by atoms with E-state index in [0.29, 0.717) is 5.91 Å². The van der Waals surface area contributed by atoms with Crippen LogP contribution in [0.5, 0.6) is 0 Å². The molecule has 0 unspecified atom stereocenters. The van der Waals surface area contributed by atoms with Crippen molar-refractivity contribution >= 4 is 32.7 Å². The third kappa shape index (κ3) is 3.57. The van der Waals surface area contributed by atoms with Crippen LogP contribution in [0.4, 0.5) is 9.52 Å². The number of anilines is 1. The number of amides is 1. The summed E-state index contributed by atoms with van der Waals surface area (Å²) >= 11 is 1.64. The van der Waals surface area contributed by atoms with E-state index in [1.807, 2.05) is 11.8 Å². The number of piperazine rings is 1. The summed E-state index contributed by atoms with van der Waals surface area (Å²) in [6.07, 6.45) is 5.75. The second-order valence-corrected chi connectivity index (χ2v) is 9.25. The van der Waals surface area contributed by atoms with Crippen molar-refractivity contribution in [1.29, 1.82) is 0 Å². The van der Waals surface area contributed by atoms with E-state index < -0.39 is 0 Å². The molecule has 0 radical (unpaired) electrons. The third-order valence-corrected chi connectivity index (χ3v) is 7.48. The molecule has 2 aliphatic rings. The van der Waals surface area contributed by atoms with Crippen LogP contribution < -0.4 is 4.90 Å². The molecule has 158 valence electrons. The normalized spacial score (nSPS) is 18.3. The lowest BCUT2D eigenvalue weighted by molar-refractivity contribution is -0.136. The number of fused-ring (bicyclic) bond motifs is 1. The maximum Gasteiger partial charge on any atom is 0.225 e. The van der Waals surface area contributed by atoms with Crippen molar-refractivity contribution < 1.29 is 9.18 Å². The first-order valence-electron chi connectivity index (χ1n) is 10.8. The molecule has 0 atom stereocenters. The lowest BCUT2D eigenvalue weighted by Crippen LogP contribution is -2.50. The molecule has 0 bridgehead atoms. The molecule has 2 aromatic heterocycles. The van der Waals surface area contributed by atoms with Crippen molar-refractivity contribution in [3.05, 3.63) is 35.8 Å². The Labute approximate surface area is 179 Å². The fraction of sp³-hybridized carbons (Fsp3) is 0.500. The van der Waals surface area contributed by atoms with Gasteiger partial charge < -0.3 is 9.80 Å². The first-order valence-corrected chi connectivity index (χ1v) is 11.6. The number of aromatic nitrogens is 3. The predicted molar refractivity (Wildman–Crippen MR) is 117 cm³/mol. The molecule has 8 heteroatoms. The summed E-state index contributed by atoms with van der Waals surface area (Å²) in [6.45, 7) is 5.10. The number of carbonyl (C=O) groups excluding carboxylic acids is 1. The van der Waals surface area contributed by atoms with Crippen molar-refractivity contribution in [3.63, 3.8) is 0 Å². The van der Waals surface area contributed by atoms with Crippen LogP contribution in [0.2, 0.25) is 0 Å². The average Bonchev–Trinajstić information content (AvgIpc) is 3.35. The van der Waals surface area contributed by atoms with Gasteiger partial charge in [-0.2, -0.15) is 10.1 Å². The summed E-state index contributed by atoms with van der Waals surface area (Å²) in [5.41, 5.74) is 2.53. The highest BCUT2D eigenvalue weighted by Gasteiger charge is 2.29. The van der Waals surface area contributed by atoms with Crippen LogP contribution in [0, 0.1) is 18.7 Å². The Morgan fingerprint density at radius 3 is 2.47 bits per heavy atom. The van der Waals surface area contributed by atoms with E-state index in [9.17, 15) is 9.18 Å². The summed E-state index contributed by atoms with van der Waals surface area (Å²) in [6, 6.07) is 6.31. The fourth-order valence-electron chi connectivity index (χ4n) is 4.55. The van der Waals surface area contributed by atoms with Crippen molar-refractivity contribution in [3.8, 4) is 5.69 Å². The highest BCUT2D eigenvalue weighted by atomic mass is 32.1. The van der Waals surface area contributed by atoms with Gasteiger partial charge in [0, 0.05) is 32.1 Å². The fourth-order valence-corrected chi connectivity index (χ4v) is 5.58. The molecule has 30 heavy (non-hydrogen) atoms. The molecular weight excluding hydrogens is 401 g/mol. The second-order valence-electron chi connectivity index (χ2n) is 8.27. The number of hydrogen-bond donors (Lipinski definition) is 0. The smallest absolute Gasteiger partial charge is 0.225 e. The summed E-state index contributed by atoms with van der Waals surface area (Å²) < 4.78 is 16.1. The standard InChI is InChI=1S/C22H26FN5OS/c1-15-19-20(28(25-15)18-9-7-17(23)8-10-18)24-22(30-19)27-13-11-26(12-14-27)21(29)16-5-3-2-4-6-16/h7-10,16H,2-6,11-14H2,1H3.